The molecule has 3 rings (SSSR count). The molecule has 0 radical (unpaired) electrons. The molecular weight excluding hydrogens is 304 g/mol. The van der Waals surface area contributed by atoms with Crippen molar-refractivity contribution in [3.05, 3.63) is 46.7 Å². The molecule has 2 aromatic rings. The molecule has 1 aliphatic rings. The Hall–Kier alpha value is -1.37. The molecule has 0 amide bonds. The van der Waals surface area contributed by atoms with E-state index in [4.69, 9.17) is 0 Å². The first-order chi connectivity index (χ1) is 10.1. The van der Waals surface area contributed by atoms with Gasteiger partial charge in [0.05, 0.1) is 5.69 Å². The Bertz CT molecular complexity index is 707. The first-order valence-corrected chi connectivity index (χ1v) is 9.31. The fourth-order valence-electron chi connectivity index (χ4n) is 2.36. The van der Waals surface area contributed by atoms with E-state index in [1.54, 1.807) is 40.9 Å². The van der Waals surface area contributed by atoms with Crippen LogP contribution >= 0.6 is 11.3 Å². The molecule has 1 saturated carbocycles. The zero-order valence-electron chi connectivity index (χ0n) is 11.8. The maximum atomic E-state index is 13.0. The lowest BCUT2D eigenvalue weighted by molar-refractivity contribution is 0.399. The summed E-state index contributed by atoms with van der Waals surface area (Å²) in [6, 6.07) is 9.20. The van der Waals surface area contributed by atoms with Crippen molar-refractivity contribution < 1.29 is 8.42 Å². The summed E-state index contributed by atoms with van der Waals surface area (Å²) in [5.74, 6) is 0. The van der Waals surface area contributed by atoms with Crippen molar-refractivity contribution in [2.45, 2.75) is 30.3 Å². The highest BCUT2D eigenvalue weighted by atomic mass is 32.2. The molecule has 0 bridgehead atoms. The number of hydrogen-bond acceptors (Lipinski definition) is 4. The molecule has 1 heterocycles. The monoisotopic (exact) mass is 322 g/mol. The molecule has 4 nitrogen and oxygen atoms in total. The molecule has 0 saturated heterocycles. The van der Waals surface area contributed by atoms with E-state index in [1.807, 2.05) is 22.9 Å². The third-order valence-electron chi connectivity index (χ3n) is 3.62. The average molecular weight is 322 g/mol. The van der Waals surface area contributed by atoms with E-state index >= 15 is 0 Å². The third kappa shape index (κ3) is 2.97. The van der Waals surface area contributed by atoms with Gasteiger partial charge < -0.3 is 5.32 Å². The number of nitrogens with zero attached hydrogens (tertiary/aromatic N) is 1. The number of anilines is 1. The summed E-state index contributed by atoms with van der Waals surface area (Å²) >= 11 is 1.59. The molecule has 1 fully saturated rings. The van der Waals surface area contributed by atoms with Crippen LogP contribution in [-0.4, -0.2) is 25.8 Å². The molecule has 0 aliphatic heterocycles. The van der Waals surface area contributed by atoms with Gasteiger partial charge in [-0.25, -0.2) is 8.42 Å². The average Bonchev–Trinajstić information content (AvgIpc) is 3.20. The van der Waals surface area contributed by atoms with Gasteiger partial charge in [0.15, 0.2) is 0 Å². The summed E-state index contributed by atoms with van der Waals surface area (Å²) in [7, 11) is -1.74. The van der Waals surface area contributed by atoms with Crippen LogP contribution in [0.2, 0.25) is 0 Å². The van der Waals surface area contributed by atoms with Crippen LogP contribution in [0.3, 0.4) is 0 Å². The lowest BCUT2D eigenvalue weighted by Gasteiger charge is -2.23. The van der Waals surface area contributed by atoms with Crippen LogP contribution in [0.5, 0.6) is 0 Å². The molecule has 21 heavy (non-hydrogen) atoms. The minimum absolute atomic E-state index is 0.139. The fraction of sp³-hybridized carbons (Fsp3) is 0.333. The number of hydrogen-bond donors (Lipinski definition) is 1. The van der Waals surface area contributed by atoms with Crippen LogP contribution in [0.1, 0.15) is 18.4 Å². The Morgan fingerprint density at radius 2 is 2.05 bits per heavy atom. The highest BCUT2D eigenvalue weighted by Gasteiger charge is 2.38. The zero-order valence-corrected chi connectivity index (χ0v) is 13.5. The molecular formula is C15H18N2O2S2. The van der Waals surface area contributed by atoms with E-state index in [0.29, 0.717) is 17.1 Å². The molecule has 1 aromatic carbocycles. The number of rotatable bonds is 6. The van der Waals surface area contributed by atoms with Gasteiger partial charge in [0, 0.05) is 19.6 Å². The van der Waals surface area contributed by atoms with E-state index < -0.39 is 10.0 Å². The Labute approximate surface area is 129 Å². The van der Waals surface area contributed by atoms with Gasteiger partial charge in [-0.3, -0.25) is 0 Å². The molecule has 112 valence electrons. The van der Waals surface area contributed by atoms with Gasteiger partial charge in [0.25, 0.3) is 0 Å². The van der Waals surface area contributed by atoms with Gasteiger partial charge in [-0.15, -0.1) is 0 Å². The van der Waals surface area contributed by atoms with Crippen molar-refractivity contribution in [1.29, 1.82) is 0 Å². The van der Waals surface area contributed by atoms with E-state index in [1.165, 1.54) is 0 Å². The van der Waals surface area contributed by atoms with Crippen LogP contribution in [0.25, 0.3) is 0 Å². The predicted octanol–water partition coefficient (Wildman–Crippen LogP) is 3.14. The first kappa shape index (κ1) is 14.6. The zero-order chi connectivity index (χ0) is 14.9. The molecule has 0 unspecified atom stereocenters. The van der Waals surface area contributed by atoms with E-state index in [9.17, 15) is 8.42 Å². The van der Waals surface area contributed by atoms with E-state index in [-0.39, 0.29) is 6.04 Å². The second kappa shape index (κ2) is 5.79. The minimum Gasteiger partial charge on any atom is -0.387 e. The van der Waals surface area contributed by atoms with Gasteiger partial charge in [0.1, 0.15) is 4.90 Å². The molecule has 1 N–H and O–H groups in total. The second-order valence-electron chi connectivity index (χ2n) is 5.16. The van der Waals surface area contributed by atoms with Crippen LogP contribution < -0.4 is 5.32 Å². The summed E-state index contributed by atoms with van der Waals surface area (Å²) in [5.41, 5.74) is 1.70. The molecule has 0 atom stereocenters. The van der Waals surface area contributed by atoms with Crippen molar-refractivity contribution >= 4 is 27.0 Å². The van der Waals surface area contributed by atoms with Crippen molar-refractivity contribution in [3.63, 3.8) is 0 Å². The molecule has 1 aromatic heterocycles. The van der Waals surface area contributed by atoms with Crippen molar-refractivity contribution in [2.24, 2.45) is 0 Å². The summed E-state index contributed by atoms with van der Waals surface area (Å²) in [4.78, 5) is 0.356. The lowest BCUT2D eigenvalue weighted by atomic mass is 10.3. The van der Waals surface area contributed by atoms with Crippen LogP contribution in [0.15, 0.2) is 46.0 Å². The Morgan fingerprint density at radius 1 is 1.29 bits per heavy atom. The Morgan fingerprint density at radius 3 is 2.67 bits per heavy atom. The molecule has 1 aliphatic carbocycles. The summed E-state index contributed by atoms with van der Waals surface area (Å²) < 4.78 is 27.7. The first-order valence-electron chi connectivity index (χ1n) is 6.92. The van der Waals surface area contributed by atoms with Gasteiger partial charge in [-0.1, -0.05) is 12.1 Å². The highest BCUT2D eigenvalue weighted by molar-refractivity contribution is 7.89. The van der Waals surface area contributed by atoms with Crippen LogP contribution in [0, 0.1) is 0 Å². The number of benzene rings is 1. The van der Waals surface area contributed by atoms with Gasteiger partial charge >= 0.3 is 0 Å². The summed E-state index contributed by atoms with van der Waals surface area (Å²) in [6.45, 7) is 0.453. The normalized spacial score (nSPS) is 15.3. The van der Waals surface area contributed by atoms with E-state index in [0.717, 1.165) is 18.4 Å². The highest BCUT2D eigenvalue weighted by Crippen LogP contribution is 2.35. The van der Waals surface area contributed by atoms with Gasteiger partial charge in [0.2, 0.25) is 10.0 Å². The number of sulfonamides is 1. The quantitative estimate of drug-likeness (QED) is 0.889. The van der Waals surface area contributed by atoms with Crippen molar-refractivity contribution in [1.82, 2.24) is 4.31 Å². The number of nitrogens with one attached hydrogen (secondary N) is 1. The lowest BCUT2D eigenvalue weighted by Crippen LogP contribution is -2.33. The summed E-state index contributed by atoms with van der Waals surface area (Å²) in [6.07, 6.45) is 1.90. The smallest absolute Gasteiger partial charge is 0.245 e. The standard InChI is InChI=1S/C15H18N2O2S2/c1-16-14-4-2-3-5-15(14)21(18,19)17(13-6-7-13)10-12-8-9-20-11-12/h2-5,8-9,11,13,16H,6-7,10H2,1H3. The predicted molar refractivity (Wildman–Crippen MR) is 86.1 cm³/mol. The molecule has 6 heteroatoms. The Balaban J connectivity index is 1.97. The summed E-state index contributed by atoms with van der Waals surface area (Å²) in [5, 5.41) is 6.96. The SMILES string of the molecule is CNc1ccccc1S(=O)(=O)N(Cc1ccsc1)C1CC1. The Kier molecular flexibility index (Phi) is 4.01. The number of thiophene rings is 1. The third-order valence-corrected chi connectivity index (χ3v) is 6.30. The van der Waals surface area contributed by atoms with Gasteiger partial charge in [-0.2, -0.15) is 15.6 Å². The van der Waals surface area contributed by atoms with Crippen LogP contribution in [0.4, 0.5) is 5.69 Å². The fourth-order valence-corrected chi connectivity index (χ4v) is 4.89. The van der Waals surface area contributed by atoms with E-state index in [2.05, 4.69) is 5.32 Å². The second-order valence-corrected chi connectivity index (χ2v) is 7.80. The topological polar surface area (TPSA) is 49.4 Å². The largest absolute Gasteiger partial charge is 0.387 e. The van der Waals surface area contributed by atoms with Crippen LogP contribution in [-0.2, 0) is 16.6 Å². The van der Waals surface area contributed by atoms with Crippen molar-refractivity contribution in [3.8, 4) is 0 Å². The van der Waals surface area contributed by atoms with Gasteiger partial charge in [-0.05, 0) is 47.4 Å². The molecule has 0 spiro atoms. The maximum Gasteiger partial charge on any atom is 0.245 e. The van der Waals surface area contributed by atoms with Crippen molar-refractivity contribution in [2.75, 3.05) is 12.4 Å². The number of para-hydroxylation sites is 1. The maximum absolute atomic E-state index is 13.0. The minimum atomic E-state index is -3.48.